The van der Waals surface area contributed by atoms with Crippen LogP contribution in [0.15, 0.2) is 24.3 Å². The molecule has 2 aliphatic rings. The lowest BCUT2D eigenvalue weighted by Crippen LogP contribution is -2.44. The van der Waals surface area contributed by atoms with Gasteiger partial charge in [-0.3, -0.25) is 4.79 Å². The molecule has 3 unspecified atom stereocenters. The highest BCUT2D eigenvalue weighted by atomic mass is 16.2. The lowest BCUT2D eigenvalue weighted by molar-refractivity contribution is -0.120. The highest BCUT2D eigenvalue weighted by molar-refractivity contribution is 5.97. The molecule has 1 aromatic rings. The van der Waals surface area contributed by atoms with Gasteiger partial charge in [-0.2, -0.15) is 5.26 Å². The van der Waals surface area contributed by atoms with Gasteiger partial charge in [0.15, 0.2) is 0 Å². The van der Waals surface area contributed by atoms with E-state index in [1.807, 2.05) is 19.2 Å². The monoisotopic (exact) mass is 283 g/mol. The van der Waals surface area contributed by atoms with Crippen LogP contribution in [0.5, 0.6) is 0 Å². The van der Waals surface area contributed by atoms with E-state index in [-0.39, 0.29) is 11.9 Å². The molecule has 110 valence electrons. The van der Waals surface area contributed by atoms with Gasteiger partial charge in [0.2, 0.25) is 5.91 Å². The summed E-state index contributed by atoms with van der Waals surface area (Å²) in [5.74, 6) is 0.802. The Balaban J connectivity index is 1.68. The summed E-state index contributed by atoms with van der Waals surface area (Å²) < 4.78 is 0. The molecule has 0 spiro atoms. The number of fused-ring (bicyclic) bond motifs is 1. The third kappa shape index (κ3) is 2.79. The number of likely N-dealkylation sites (N-methyl/N-ethyl adjacent to an activating group) is 1. The predicted octanol–water partition coefficient (Wildman–Crippen LogP) is 2.44. The number of nitriles is 1. The number of amides is 1. The fourth-order valence-electron chi connectivity index (χ4n) is 3.63. The minimum Gasteiger partial charge on any atom is -0.314 e. The molecule has 0 radical (unpaired) electrons. The van der Waals surface area contributed by atoms with Crippen LogP contribution < -0.4 is 10.2 Å². The molecule has 1 aliphatic heterocycles. The number of hydrogen-bond acceptors (Lipinski definition) is 3. The SMILES string of the molecule is CN(C(=O)C1CC2CCCCC2N1)c1ccc(C#N)cc1. The van der Waals surface area contributed by atoms with E-state index in [1.165, 1.54) is 25.7 Å². The molecule has 1 heterocycles. The Bertz CT molecular complexity index is 546. The summed E-state index contributed by atoms with van der Waals surface area (Å²) in [6.07, 6.45) is 6.00. The first-order valence-corrected chi connectivity index (χ1v) is 7.73. The summed E-state index contributed by atoms with van der Waals surface area (Å²) in [6.45, 7) is 0. The number of carbonyl (C=O) groups excluding carboxylic acids is 1. The van der Waals surface area contributed by atoms with Crippen molar-refractivity contribution >= 4 is 11.6 Å². The molecule has 1 amide bonds. The number of nitrogens with zero attached hydrogens (tertiary/aromatic N) is 2. The van der Waals surface area contributed by atoms with E-state index in [0.717, 1.165) is 12.1 Å². The van der Waals surface area contributed by atoms with E-state index >= 15 is 0 Å². The highest BCUT2D eigenvalue weighted by Gasteiger charge is 2.39. The normalized spacial score (nSPS) is 27.7. The number of anilines is 1. The molecule has 1 aliphatic carbocycles. The summed E-state index contributed by atoms with van der Waals surface area (Å²) >= 11 is 0. The Morgan fingerprint density at radius 3 is 2.67 bits per heavy atom. The number of carbonyl (C=O) groups is 1. The molecule has 1 saturated carbocycles. The number of benzene rings is 1. The van der Waals surface area contributed by atoms with Crippen molar-refractivity contribution in [2.24, 2.45) is 5.92 Å². The molecule has 1 saturated heterocycles. The van der Waals surface area contributed by atoms with Crippen LogP contribution in [-0.4, -0.2) is 25.0 Å². The molecule has 4 nitrogen and oxygen atoms in total. The maximum atomic E-state index is 12.6. The second kappa shape index (κ2) is 5.87. The maximum Gasteiger partial charge on any atom is 0.243 e. The van der Waals surface area contributed by atoms with Gasteiger partial charge in [-0.05, 0) is 49.4 Å². The van der Waals surface area contributed by atoms with Gasteiger partial charge < -0.3 is 10.2 Å². The smallest absolute Gasteiger partial charge is 0.243 e. The van der Waals surface area contributed by atoms with Crippen LogP contribution in [0.1, 0.15) is 37.7 Å². The third-order valence-electron chi connectivity index (χ3n) is 4.88. The van der Waals surface area contributed by atoms with Gasteiger partial charge in [0.1, 0.15) is 0 Å². The minimum absolute atomic E-state index is 0.0567. The van der Waals surface area contributed by atoms with Crippen LogP contribution in [0, 0.1) is 17.2 Å². The molecule has 1 N–H and O–H groups in total. The molecule has 0 bridgehead atoms. The lowest BCUT2D eigenvalue weighted by Gasteiger charge is -2.24. The molecule has 3 rings (SSSR count). The topological polar surface area (TPSA) is 56.1 Å². The Labute approximate surface area is 125 Å². The van der Waals surface area contributed by atoms with E-state index < -0.39 is 0 Å². The van der Waals surface area contributed by atoms with Crippen molar-refractivity contribution in [3.05, 3.63) is 29.8 Å². The van der Waals surface area contributed by atoms with E-state index in [2.05, 4.69) is 11.4 Å². The number of nitrogens with one attached hydrogen (secondary N) is 1. The minimum atomic E-state index is -0.0567. The van der Waals surface area contributed by atoms with Crippen LogP contribution in [0.3, 0.4) is 0 Å². The van der Waals surface area contributed by atoms with Crippen LogP contribution in [0.2, 0.25) is 0 Å². The summed E-state index contributed by atoms with van der Waals surface area (Å²) in [7, 11) is 1.81. The van der Waals surface area contributed by atoms with Crippen molar-refractivity contribution in [3.63, 3.8) is 0 Å². The van der Waals surface area contributed by atoms with Crippen molar-refractivity contribution in [3.8, 4) is 6.07 Å². The van der Waals surface area contributed by atoms with Crippen LogP contribution in [0.4, 0.5) is 5.69 Å². The van der Waals surface area contributed by atoms with E-state index in [1.54, 1.807) is 17.0 Å². The summed E-state index contributed by atoms with van der Waals surface area (Å²) in [6, 6.07) is 9.73. The average molecular weight is 283 g/mol. The second-order valence-electron chi connectivity index (χ2n) is 6.16. The summed E-state index contributed by atoms with van der Waals surface area (Å²) in [5.41, 5.74) is 1.46. The molecule has 1 aromatic carbocycles. The first-order valence-electron chi connectivity index (χ1n) is 7.73. The van der Waals surface area contributed by atoms with Gasteiger partial charge in [-0.1, -0.05) is 12.8 Å². The van der Waals surface area contributed by atoms with Gasteiger partial charge in [-0.15, -0.1) is 0 Å². The molecule has 4 heteroatoms. The van der Waals surface area contributed by atoms with Gasteiger partial charge in [0.25, 0.3) is 0 Å². The van der Waals surface area contributed by atoms with Crippen molar-refractivity contribution in [2.75, 3.05) is 11.9 Å². The van der Waals surface area contributed by atoms with E-state index in [4.69, 9.17) is 5.26 Å². The van der Waals surface area contributed by atoms with Gasteiger partial charge in [0, 0.05) is 18.8 Å². The summed E-state index contributed by atoms with van der Waals surface area (Å²) in [5, 5.41) is 12.3. The molecule has 0 aromatic heterocycles. The van der Waals surface area contributed by atoms with E-state index in [9.17, 15) is 4.79 Å². The lowest BCUT2D eigenvalue weighted by atomic mass is 9.85. The van der Waals surface area contributed by atoms with Crippen LogP contribution in [0.25, 0.3) is 0 Å². The predicted molar refractivity (Wildman–Crippen MR) is 81.9 cm³/mol. The van der Waals surface area contributed by atoms with Crippen molar-refractivity contribution in [1.82, 2.24) is 5.32 Å². The van der Waals surface area contributed by atoms with E-state index in [0.29, 0.717) is 17.5 Å². The van der Waals surface area contributed by atoms with Crippen molar-refractivity contribution in [1.29, 1.82) is 5.26 Å². The highest BCUT2D eigenvalue weighted by Crippen LogP contribution is 2.34. The largest absolute Gasteiger partial charge is 0.314 e. The number of rotatable bonds is 2. The van der Waals surface area contributed by atoms with Gasteiger partial charge in [0.05, 0.1) is 17.7 Å². The molecular formula is C17H21N3O. The number of hydrogen-bond donors (Lipinski definition) is 1. The van der Waals surface area contributed by atoms with Crippen LogP contribution in [-0.2, 0) is 4.79 Å². The molecular weight excluding hydrogens is 262 g/mol. The van der Waals surface area contributed by atoms with Crippen molar-refractivity contribution < 1.29 is 4.79 Å². The van der Waals surface area contributed by atoms with Gasteiger partial charge >= 0.3 is 0 Å². The third-order valence-corrected chi connectivity index (χ3v) is 4.88. The van der Waals surface area contributed by atoms with Crippen LogP contribution >= 0.6 is 0 Å². The standard InChI is InChI=1S/C17H21N3O/c1-20(14-8-6-12(11-18)7-9-14)17(21)16-10-13-4-2-3-5-15(13)19-16/h6-9,13,15-16,19H,2-5,10H2,1H3. The second-order valence-corrected chi connectivity index (χ2v) is 6.16. The zero-order valence-corrected chi connectivity index (χ0v) is 12.4. The fraction of sp³-hybridized carbons (Fsp3) is 0.529. The Kier molecular flexibility index (Phi) is 3.94. The molecule has 2 fully saturated rings. The zero-order valence-electron chi connectivity index (χ0n) is 12.4. The molecule has 3 atom stereocenters. The Morgan fingerprint density at radius 2 is 2.00 bits per heavy atom. The summed E-state index contributed by atoms with van der Waals surface area (Å²) in [4.78, 5) is 14.3. The van der Waals surface area contributed by atoms with Gasteiger partial charge in [-0.25, -0.2) is 0 Å². The first kappa shape index (κ1) is 14.1. The fourth-order valence-corrected chi connectivity index (χ4v) is 3.63. The Morgan fingerprint density at radius 1 is 1.29 bits per heavy atom. The molecule has 21 heavy (non-hydrogen) atoms. The maximum absolute atomic E-state index is 12.6. The zero-order chi connectivity index (χ0) is 14.8. The first-order chi connectivity index (χ1) is 10.2. The average Bonchev–Trinajstić information content (AvgIpc) is 2.97. The quantitative estimate of drug-likeness (QED) is 0.907. The Hall–Kier alpha value is -1.86. The van der Waals surface area contributed by atoms with Crippen molar-refractivity contribution in [2.45, 2.75) is 44.2 Å².